The van der Waals surface area contributed by atoms with Crippen LogP contribution < -0.4 is 0 Å². The summed E-state index contributed by atoms with van der Waals surface area (Å²) in [7, 11) is 0. The normalized spacial score (nSPS) is 31.6. The van der Waals surface area contributed by atoms with Crippen LogP contribution in [0.4, 0.5) is 0 Å². The van der Waals surface area contributed by atoms with Crippen LogP contribution in [0.5, 0.6) is 0 Å². The molecule has 0 aromatic heterocycles. The number of unbranched alkanes of at least 4 members (excludes halogenated alkanes) is 2. The van der Waals surface area contributed by atoms with Crippen LogP contribution in [0.2, 0.25) is 0 Å². The highest BCUT2D eigenvalue weighted by Crippen LogP contribution is 2.45. The zero-order valence-corrected chi connectivity index (χ0v) is 15.5. The van der Waals surface area contributed by atoms with Crippen LogP contribution in [-0.4, -0.2) is 0 Å². The number of allylic oxidation sites excluding steroid dienone is 4. The second-order valence-corrected chi connectivity index (χ2v) is 7.91. The van der Waals surface area contributed by atoms with E-state index in [1.807, 2.05) is 0 Å². The molecule has 25 heavy (non-hydrogen) atoms. The van der Waals surface area contributed by atoms with Crippen molar-refractivity contribution in [3.63, 3.8) is 0 Å². The number of benzene rings is 1. The lowest BCUT2D eigenvalue weighted by molar-refractivity contribution is 0.206. The van der Waals surface area contributed by atoms with Crippen LogP contribution in [-0.2, 0) is 0 Å². The van der Waals surface area contributed by atoms with Gasteiger partial charge in [-0.15, -0.1) is 0 Å². The second-order valence-electron chi connectivity index (χ2n) is 7.91. The third-order valence-corrected chi connectivity index (χ3v) is 6.28. The Hall–Kier alpha value is -1.81. The van der Waals surface area contributed by atoms with Gasteiger partial charge in [-0.3, -0.25) is 0 Å². The summed E-state index contributed by atoms with van der Waals surface area (Å²) in [5, 5.41) is 9.94. The van der Waals surface area contributed by atoms with Gasteiger partial charge < -0.3 is 0 Å². The average molecular weight is 334 g/mol. The van der Waals surface area contributed by atoms with Gasteiger partial charge in [0, 0.05) is 5.92 Å². The van der Waals surface area contributed by atoms with Crippen molar-refractivity contribution in [2.45, 2.75) is 64.2 Å². The third-order valence-electron chi connectivity index (χ3n) is 6.28. The lowest BCUT2D eigenvalue weighted by Crippen LogP contribution is -2.30. The van der Waals surface area contributed by atoms with Gasteiger partial charge in [-0.25, -0.2) is 0 Å². The van der Waals surface area contributed by atoms with Gasteiger partial charge in [-0.2, -0.15) is 5.26 Å². The summed E-state index contributed by atoms with van der Waals surface area (Å²) in [6, 6.07) is 13.2. The molecule has 0 heterocycles. The van der Waals surface area contributed by atoms with Gasteiger partial charge in [0.25, 0.3) is 0 Å². The molecule has 132 valence electrons. The van der Waals surface area contributed by atoms with E-state index in [0.29, 0.717) is 11.8 Å². The van der Waals surface area contributed by atoms with Crippen molar-refractivity contribution in [1.82, 2.24) is 0 Å². The minimum Gasteiger partial charge on any atom is -0.197 e. The van der Waals surface area contributed by atoms with Crippen LogP contribution >= 0.6 is 0 Å². The first kappa shape index (κ1) is 18.0. The number of hydrogen-bond donors (Lipinski definition) is 0. The Morgan fingerprint density at radius 3 is 2.28 bits per heavy atom. The maximum atomic E-state index is 9.94. The fourth-order valence-corrected chi connectivity index (χ4v) is 4.59. The van der Waals surface area contributed by atoms with Gasteiger partial charge in [-0.1, -0.05) is 100 Å². The minimum absolute atomic E-state index is 0.313. The fraction of sp³-hybridized carbons (Fsp3) is 0.542. The zero-order valence-electron chi connectivity index (χ0n) is 15.5. The lowest BCUT2D eigenvalue weighted by Gasteiger charge is -2.38. The predicted molar refractivity (Wildman–Crippen MR) is 105 cm³/mol. The molecule has 0 saturated heterocycles. The SMILES string of the molecule is CCCCCC1CCC(C2(C#N)C=CC(c3ccccc3)C=C2)CC1. The van der Waals surface area contributed by atoms with Gasteiger partial charge in [-0.05, 0) is 30.2 Å². The van der Waals surface area contributed by atoms with Crippen molar-refractivity contribution < 1.29 is 0 Å². The molecule has 1 aromatic carbocycles. The minimum atomic E-state index is -0.375. The predicted octanol–water partition coefficient (Wildman–Crippen LogP) is 6.79. The summed E-state index contributed by atoms with van der Waals surface area (Å²) in [4.78, 5) is 0. The van der Waals surface area contributed by atoms with E-state index < -0.39 is 0 Å². The molecule has 0 N–H and O–H groups in total. The van der Waals surface area contributed by atoms with Crippen molar-refractivity contribution in [3.05, 3.63) is 60.2 Å². The van der Waals surface area contributed by atoms with Crippen molar-refractivity contribution in [1.29, 1.82) is 5.26 Å². The van der Waals surface area contributed by atoms with E-state index in [2.05, 4.69) is 67.6 Å². The molecule has 0 unspecified atom stereocenters. The first-order valence-corrected chi connectivity index (χ1v) is 10.1. The zero-order chi connectivity index (χ0) is 17.5. The molecule has 1 nitrogen and oxygen atoms in total. The van der Waals surface area contributed by atoms with Gasteiger partial charge >= 0.3 is 0 Å². The summed E-state index contributed by atoms with van der Waals surface area (Å²) in [6.45, 7) is 2.28. The highest BCUT2D eigenvalue weighted by Gasteiger charge is 2.38. The molecule has 2 aliphatic carbocycles. The summed E-state index contributed by atoms with van der Waals surface area (Å²) >= 11 is 0. The molecule has 2 aliphatic rings. The quantitative estimate of drug-likeness (QED) is 0.415. The van der Waals surface area contributed by atoms with E-state index in [4.69, 9.17) is 0 Å². The molecular formula is C24H31N. The van der Waals surface area contributed by atoms with Crippen LogP contribution in [0.3, 0.4) is 0 Å². The van der Waals surface area contributed by atoms with Gasteiger partial charge in [0.1, 0.15) is 0 Å². The largest absolute Gasteiger partial charge is 0.197 e. The van der Waals surface area contributed by atoms with E-state index in [1.165, 1.54) is 56.9 Å². The lowest BCUT2D eigenvalue weighted by atomic mass is 9.65. The molecule has 0 spiro atoms. The number of nitriles is 1. The highest BCUT2D eigenvalue weighted by atomic mass is 14.4. The Kier molecular flexibility index (Phi) is 6.14. The molecule has 0 atom stereocenters. The molecule has 1 fully saturated rings. The van der Waals surface area contributed by atoms with Crippen LogP contribution in [0.1, 0.15) is 69.8 Å². The molecule has 3 rings (SSSR count). The van der Waals surface area contributed by atoms with Gasteiger partial charge in [0.15, 0.2) is 0 Å². The van der Waals surface area contributed by atoms with E-state index >= 15 is 0 Å². The Balaban J connectivity index is 1.60. The third kappa shape index (κ3) is 4.24. The number of hydrogen-bond acceptors (Lipinski definition) is 1. The molecule has 1 aromatic rings. The molecule has 0 amide bonds. The van der Waals surface area contributed by atoms with Crippen LogP contribution in [0, 0.1) is 28.6 Å². The maximum Gasteiger partial charge on any atom is 0.0962 e. The standard InChI is InChI=1S/C24H31N/c1-2-3-5-8-20-11-13-23(14-12-20)24(19-25)17-15-22(16-18-24)21-9-6-4-7-10-21/h4,6-7,9-10,15-18,20,22-23H,2-3,5,8,11-14H2,1H3. The summed E-state index contributed by atoms with van der Waals surface area (Å²) < 4.78 is 0. The first-order chi connectivity index (χ1) is 12.3. The summed E-state index contributed by atoms with van der Waals surface area (Å²) in [5.41, 5.74) is 0.931. The van der Waals surface area contributed by atoms with Crippen LogP contribution in [0.15, 0.2) is 54.6 Å². The van der Waals surface area contributed by atoms with Gasteiger partial charge in [0.05, 0.1) is 11.5 Å². The smallest absolute Gasteiger partial charge is 0.0962 e. The van der Waals surface area contributed by atoms with Crippen molar-refractivity contribution in [2.75, 3.05) is 0 Å². The van der Waals surface area contributed by atoms with Crippen molar-refractivity contribution in [3.8, 4) is 6.07 Å². The fourth-order valence-electron chi connectivity index (χ4n) is 4.59. The molecule has 0 radical (unpaired) electrons. The number of nitrogens with zero attached hydrogens (tertiary/aromatic N) is 1. The van der Waals surface area contributed by atoms with E-state index in [-0.39, 0.29) is 5.41 Å². The van der Waals surface area contributed by atoms with E-state index in [1.54, 1.807) is 0 Å². The number of rotatable bonds is 6. The first-order valence-electron chi connectivity index (χ1n) is 10.1. The van der Waals surface area contributed by atoms with E-state index in [0.717, 1.165) is 5.92 Å². The Morgan fingerprint density at radius 1 is 1.00 bits per heavy atom. The maximum absolute atomic E-state index is 9.94. The second kappa shape index (κ2) is 8.52. The van der Waals surface area contributed by atoms with Crippen LogP contribution in [0.25, 0.3) is 0 Å². The average Bonchev–Trinajstić information content (AvgIpc) is 2.69. The van der Waals surface area contributed by atoms with E-state index in [9.17, 15) is 5.26 Å². The molecular weight excluding hydrogens is 302 g/mol. The molecule has 0 bridgehead atoms. The molecule has 1 heteroatoms. The van der Waals surface area contributed by atoms with Gasteiger partial charge in [0.2, 0.25) is 0 Å². The Morgan fingerprint density at radius 2 is 1.68 bits per heavy atom. The monoisotopic (exact) mass is 333 g/mol. The summed E-state index contributed by atoms with van der Waals surface area (Å²) in [6.07, 6.45) is 19.4. The molecule has 0 aliphatic heterocycles. The molecule has 1 saturated carbocycles. The Bertz CT molecular complexity index is 612. The summed E-state index contributed by atoms with van der Waals surface area (Å²) in [5.74, 6) is 1.70. The Labute approximate surface area is 153 Å². The topological polar surface area (TPSA) is 23.8 Å². The highest BCUT2D eigenvalue weighted by molar-refractivity contribution is 5.38. The van der Waals surface area contributed by atoms with Crippen molar-refractivity contribution in [2.24, 2.45) is 17.3 Å². The van der Waals surface area contributed by atoms with Crippen molar-refractivity contribution >= 4 is 0 Å².